The molecule has 0 amide bonds. The molecule has 3 aromatic heterocycles. The summed E-state index contributed by atoms with van der Waals surface area (Å²) in [5.41, 5.74) is 3.33. The van der Waals surface area contributed by atoms with E-state index >= 15 is 0 Å². The smallest absolute Gasteiger partial charge is 0.137 e. The molecular formula is C18H16N2OS. The van der Waals surface area contributed by atoms with E-state index in [-0.39, 0.29) is 5.78 Å². The Hall–Kier alpha value is -2.33. The minimum atomic E-state index is 0.259. The van der Waals surface area contributed by atoms with E-state index in [1.165, 1.54) is 0 Å². The minimum absolute atomic E-state index is 0.259. The summed E-state index contributed by atoms with van der Waals surface area (Å²) in [5.74, 6) is 0.259. The highest BCUT2D eigenvalue weighted by Gasteiger charge is 2.14. The second kappa shape index (κ2) is 6.62. The third kappa shape index (κ3) is 3.12. The van der Waals surface area contributed by atoms with Crippen LogP contribution in [0.5, 0.6) is 0 Å². The number of carbonyl (C=O) groups excluding carboxylic acids is 1. The number of carbonyl (C=O) groups is 1. The van der Waals surface area contributed by atoms with Gasteiger partial charge in [0.05, 0.1) is 0 Å². The lowest BCUT2D eigenvalue weighted by Gasteiger charge is -2.02. The van der Waals surface area contributed by atoms with Gasteiger partial charge in [-0.1, -0.05) is 6.92 Å². The maximum atomic E-state index is 11.9. The summed E-state index contributed by atoms with van der Waals surface area (Å²) in [6, 6.07) is 10.1. The lowest BCUT2D eigenvalue weighted by Crippen LogP contribution is -2.00. The van der Waals surface area contributed by atoms with Gasteiger partial charge in [0.2, 0.25) is 0 Å². The van der Waals surface area contributed by atoms with Crippen molar-refractivity contribution in [2.24, 2.45) is 0 Å². The van der Waals surface area contributed by atoms with Crippen molar-refractivity contribution in [2.45, 2.75) is 19.8 Å². The Balaban J connectivity index is 2.07. The summed E-state index contributed by atoms with van der Waals surface area (Å²) in [6.07, 6.45) is 8.20. The molecule has 0 bridgehead atoms. The first kappa shape index (κ1) is 14.6. The Morgan fingerprint density at radius 1 is 1.00 bits per heavy atom. The van der Waals surface area contributed by atoms with E-state index < -0.39 is 0 Å². The van der Waals surface area contributed by atoms with Crippen LogP contribution in [-0.4, -0.2) is 15.8 Å². The van der Waals surface area contributed by atoms with Gasteiger partial charge < -0.3 is 0 Å². The van der Waals surface area contributed by atoms with Crippen LogP contribution in [0.25, 0.3) is 20.9 Å². The van der Waals surface area contributed by atoms with Crippen LogP contribution in [0.2, 0.25) is 0 Å². The molecule has 3 nitrogen and oxygen atoms in total. The Labute approximate surface area is 133 Å². The van der Waals surface area contributed by atoms with Gasteiger partial charge in [-0.2, -0.15) is 0 Å². The highest BCUT2D eigenvalue weighted by atomic mass is 32.1. The number of hydrogen-bond donors (Lipinski definition) is 0. The topological polar surface area (TPSA) is 42.9 Å². The van der Waals surface area contributed by atoms with Gasteiger partial charge in [0, 0.05) is 47.4 Å². The fraction of sp³-hybridized carbons (Fsp3) is 0.167. The zero-order chi connectivity index (χ0) is 15.4. The average Bonchev–Trinajstić information content (AvgIpc) is 3.00. The van der Waals surface area contributed by atoms with Crippen molar-refractivity contribution in [3.63, 3.8) is 0 Å². The van der Waals surface area contributed by atoms with Gasteiger partial charge in [0.25, 0.3) is 0 Å². The zero-order valence-corrected chi connectivity index (χ0v) is 13.1. The molecule has 0 fully saturated rings. The Morgan fingerprint density at radius 3 is 2.18 bits per heavy atom. The second-order valence-electron chi connectivity index (χ2n) is 5.01. The summed E-state index contributed by atoms with van der Waals surface area (Å²) >= 11 is 1.71. The molecule has 0 aromatic carbocycles. The van der Waals surface area contributed by atoms with Gasteiger partial charge in [0.15, 0.2) is 0 Å². The molecule has 0 aliphatic carbocycles. The van der Waals surface area contributed by atoms with Crippen molar-refractivity contribution in [1.29, 1.82) is 0 Å². The first-order valence-corrected chi connectivity index (χ1v) is 8.04. The number of ketones is 1. The number of thiophene rings is 1. The van der Waals surface area contributed by atoms with Gasteiger partial charge in [-0.25, -0.2) is 0 Å². The second-order valence-corrected chi connectivity index (χ2v) is 6.06. The average molecular weight is 308 g/mol. The largest absolute Gasteiger partial charge is 0.299 e. The number of rotatable bonds is 5. The summed E-state index contributed by atoms with van der Waals surface area (Å²) in [7, 11) is 0. The van der Waals surface area contributed by atoms with Crippen LogP contribution in [-0.2, 0) is 11.2 Å². The van der Waals surface area contributed by atoms with Gasteiger partial charge in [-0.3, -0.25) is 14.8 Å². The summed E-state index contributed by atoms with van der Waals surface area (Å²) < 4.78 is 0. The van der Waals surface area contributed by atoms with Crippen molar-refractivity contribution >= 4 is 17.1 Å². The molecule has 22 heavy (non-hydrogen) atoms. The third-order valence-electron chi connectivity index (χ3n) is 3.50. The number of aromatic nitrogens is 2. The molecule has 0 aliphatic heterocycles. The SMILES string of the molecule is CCC(=O)Cc1cc(-c2ccncc2)sc1-c1ccncc1. The lowest BCUT2D eigenvalue weighted by atomic mass is 10.0. The molecule has 110 valence electrons. The number of hydrogen-bond acceptors (Lipinski definition) is 4. The molecule has 0 unspecified atom stereocenters. The molecule has 3 rings (SSSR count). The van der Waals surface area contributed by atoms with E-state index in [1.807, 2.05) is 31.2 Å². The van der Waals surface area contributed by atoms with Gasteiger partial charge in [-0.15, -0.1) is 11.3 Å². The van der Waals surface area contributed by atoms with E-state index in [1.54, 1.807) is 36.1 Å². The quantitative estimate of drug-likeness (QED) is 0.702. The number of nitrogens with zero attached hydrogens (tertiary/aromatic N) is 2. The Kier molecular flexibility index (Phi) is 4.39. The maximum Gasteiger partial charge on any atom is 0.137 e. The molecule has 0 saturated heterocycles. The normalized spacial score (nSPS) is 10.6. The van der Waals surface area contributed by atoms with Crippen LogP contribution in [0.15, 0.2) is 55.1 Å². The predicted molar refractivity (Wildman–Crippen MR) is 89.8 cm³/mol. The number of pyridine rings is 2. The van der Waals surface area contributed by atoms with E-state index in [0.29, 0.717) is 12.8 Å². The van der Waals surface area contributed by atoms with Gasteiger partial charge in [0.1, 0.15) is 5.78 Å². The molecule has 0 saturated carbocycles. The van der Waals surface area contributed by atoms with Crippen LogP contribution in [0.3, 0.4) is 0 Å². The highest BCUT2D eigenvalue weighted by molar-refractivity contribution is 7.19. The van der Waals surface area contributed by atoms with E-state index in [2.05, 4.69) is 16.0 Å². The van der Waals surface area contributed by atoms with Gasteiger partial charge >= 0.3 is 0 Å². The summed E-state index contributed by atoms with van der Waals surface area (Å²) in [5, 5.41) is 0. The van der Waals surface area contributed by atoms with E-state index in [9.17, 15) is 4.79 Å². The Bertz CT molecular complexity index is 766. The standard InChI is InChI=1S/C18H16N2OS/c1-2-16(21)11-15-12-17(13-3-7-19-8-4-13)22-18(15)14-5-9-20-10-6-14/h3-10,12H,2,11H2,1H3. The molecule has 3 aromatic rings. The monoisotopic (exact) mass is 308 g/mol. The van der Waals surface area contributed by atoms with Crippen molar-refractivity contribution in [3.8, 4) is 20.9 Å². The van der Waals surface area contributed by atoms with Crippen LogP contribution in [0, 0.1) is 0 Å². The molecule has 3 heterocycles. The van der Waals surface area contributed by atoms with Crippen LogP contribution >= 0.6 is 11.3 Å². The van der Waals surface area contributed by atoms with Crippen molar-refractivity contribution in [3.05, 3.63) is 60.7 Å². The van der Waals surface area contributed by atoms with Crippen LogP contribution in [0.4, 0.5) is 0 Å². The first-order valence-electron chi connectivity index (χ1n) is 7.23. The fourth-order valence-electron chi connectivity index (χ4n) is 2.30. The van der Waals surface area contributed by atoms with Crippen LogP contribution in [0.1, 0.15) is 18.9 Å². The van der Waals surface area contributed by atoms with Crippen molar-refractivity contribution in [1.82, 2.24) is 9.97 Å². The summed E-state index contributed by atoms with van der Waals surface area (Å²) in [6.45, 7) is 1.91. The molecule has 0 aliphatic rings. The van der Waals surface area contributed by atoms with Crippen molar-refractivity contribution < 1.29 is 4.79 Å². The molecule has 0 spiro atoms. The summed E-state index contributed by atoms with van der Waals surface area (Å²) in [4.78, 5) is 22.3. The first-order chi connectivity index (χ1) is 10.8. The molecule has 0 radical (unpaired) electrons. The molecule has 0 atom stereocenters. The maximum absolute atomic E-state index is 11.9. The minimum Gasteiger partial charge on any atom is -0.299 e. The highest BCUT2D eigenvalue weighted by Crippen LogP contribution is 2.38. The van der Waals surface area contributed by atoms with Crippen LogP contribution < -0.4 is 0 Å². The zero-order valence-electron chi connectivity index (χ0n) is 12.3. The number of Topliss-reactive ketones (excluding diaryl/α,β-unsaturated/α-hetero) is 1. The fourth-order valence-corrected chi connectivity index (χ4v) is 3.49. The molecule has 0 N–H and O–H groups in total. The lowest BCUT2D eigenvalue weighted by molar-refractivity contribution is -0.118. The third-order valence-corrected chi connectivity index (χ3v) is 4.77. The Morgan fingerprint density at radius 2 is 1.59 bits per heavy atom. The molecule has 4 heteroatoms. The molecular weight excluding hydrogens is 292 g/mol. The van der Waals surface area contributed by atoms with Gasteiger partial charge in [-0.05, 0) is 47.0 Å². The van der Waals surface area contributed by atoms with Crippen molar-refractivity contribution in [2.75, 3.05) is 0 Å². The van der Waals surface area contributed by atoms with E-state index in [4.69, 9.17) is 0 Å². The predicted octanol–water partition coefficient (Wildman–Crippen LogP) is 4.39. The van der Waals surface area contributed by atoms with E-state index in [0.717, 1.165) is 26.4 Å².